The number of carbonyl (C=O) groups excluding carboxylic acids is 1. The standard InChI is InChI=1S/C12H19N5O/c1-10-14-4-3-11(15-10)16(2)9-12(18)17-7-5-13-6-8-17/h3-4,13H,5-9H2,1-2H3. The molecule has 0 unspecified atom stereocenters. The number of likely N-dealkylation sites (N-methyl/N-ethyl adjacent to an activating group) is 1. The summed E-state index contributed by atoms with van der Waals surface area (Å²) in [6.45, 7) is 5.53. The molecule has 1 fully saturated rings. The van der Waals surface area contributed by atoms with Gasteiger partial charge in [-0.2, -0.15) is 0 Å². The molecule has 1 N–H and O–H groups in total. The predicted molar refractivity (Wildman–Crippen MR) is 69.5 cm³/mol. The Bertz CT molecular complexity index is 417. The first-order valence-electron chi connectivity index (χ1n) is 6.16. The number of amides is 1. The molecule has 6 heteroatoms. The fourth-order valence-corrected chi connectivity index (χ4v) is 1.95. The van der Waals surface area contributed by atoms with Crippen LogP contribution in [-0.2, 0) is 4.79 Å². The van der Waals surface area contributed by atoms with Crippen LogP contribution in [0.2, 0.25) is 0 Å². The lowest BCUT2D eigenvalue weighted by molar-refractivity contribution is -0.130. The molecule has 2 rings (SSSR count). The summed E-state index contributed by atoms with van der Waals surface area (Å²) in [4.78, 5) is 24.2. The number of nitrogens with zero attached hydrogens (tertiary/aromatic N) is 4. The van der Waals surface area contributed by atoms with Crippen molar-refractivity contribution in [1.82, 2.24) is 20.2 Å². The van der Waals surface area contributed by atoms with Crippen molar-refractivity contribution in [1.29, 1.82) is 0 Å². The Hall–Kier alpha value is -1.69. The molecule has 0 aliphatic carbocycles. The van der Waals surface area contributed by atoms with Gasteiger partial charge in [0.25, 0.3) is 0 Å². The third kappa shape index (κ3) is 3.16. The van der Waals surface area contributed by atoms with Gasteiger partial charge in [-0.3, -0.25) is 4.79 Å². The number of hydrogen-bond acceptors (Lipinski definition) is 5. The van der Waals surface area contributed by atoms with Crippen LogP contribution >= 0.6 is 0 Å². The summed E-state index contributed by atoms with van der Waals surface area (Å²) in [7, 11) is 1.88. The van der Waals surface area contributed by atoms with Crippen molar-refractivity contribution in [3.63, 3.8) is 0 Å². The van der Waals surface area contributed by atoms with Gasteiger partial charge >= 0.3 is 0 Å². The van der Waals surface area contributed by atoms with Gasteiger partial charge in [0, 0.05) is 39.4 Å². The molecule has 1 aliphatic heterocycles. The maximum absolute atomic E-state index is 12.1. The van der Waals surface area contributed by atoms with Gasteiger partial charge in [0.05, 0.1) is 6.54 Å². The van der Waals surface area contributed by atoms with E-state index in [0.717, 1.165) is 32.0 Å². The second-order valence-electron chi connectivity index (χ2n) is 4.45. The van der Waals surface area contributed by atoms with E-state index in [-0.39, 0.29) is 5.91 Å². The Balaban J connectivity index is 1.94. The molecule has 0 aromatic carbocycles. The van der Waals surface area contributed by atoms with Gasteiger partial charge in [0.15, 0.2) is 0 Å². The van der Waals surface area contributed by atoms with E-state index in [9.17, 15) is 4.79 Å². The molecule has 2 heterocycles. The van der Waals surface area contributed by atoms with Crippen molar-refractivity contribution in [3.05, 3.63) is 18.1 Å². The molecule has 6 nitrogen and oxygen atoms in total. The van der Waals surface area contributed by atoms with Crippen LogP contribution in [-0.4, -0.2) is 60.5 Å². The summed E-state index contributed by atoms with van der Waals surface area (Å²) in [6, 6.07) is 1.82. The Morgan fingerprint density at radius 1 is 1.50 bits per heavy atom. The number of anilines is 1. The second-order valence-corrected chi connectivity index (χ2v) is 4.45. The average molecular weight is 249 g/mol. The summed E-state index contributed by atoms with van der Waals surface area (Å²) in [5.41, 5.74) is 0. The minimum absolute atomic E-state index is 0.148. The van der Waals surface area contributed by atoms with Crippen LogP contribution in [0.3, 0.4) is 0 Å². The van der Waals surface area contributed by atoms with Gasteiger partial charge in [-0.05, 0) is 13.0 Å². The minimum Gasteiger partial charge on any atom is -0.350 e. The Morgan fingerprint density at radius 2 is 2.22 bits per heavy atom. The normalized spacial score (nSPS) is 15.6. The summed E-state index contributed by atoms with van der Waals surface area (Å²) in [6.07, 6.45) is 1.71. The molecule has 1 aromatic rings. The lowest BCUT2D eigenvalue weighted by Gasteiger charge is -2.29. The van der Waals surface area contributed by atoms with Crippen LogP contribution < -0.4 is 10.2 Å². The van der Waals surface area contributed by atoms with Crippen molar-refractivity contribution in [2.24, 2.45) is 0 Å². The third-order valence-corrected chi connectivity index (χ3v) is 2.99. The number of aromatic nitrogens is 2. The highest BCUT2D eigenvalue weighted by Gasteiger charge is 2.18. The van der Waals surface area contributed by atoms with Gasteiger partial charge in [0.1, 0.15) is 11.6 Å². The van der Waals surface area contributed by atoms with Gasteiger partial charge in [0.2, 0.25) is 5.91 Å². The number of aryl methyl sites for hydroxylation is 1. The second kappa shape index (κ2) is 5.77. The summed E-state index contributed by atoms with van der Waals surface area (Å²) >= 11 is 0. The SMILES string of the molecule is Cc1nccc(N(C)CC(=O)N2CCNCC2)n1. The first-order valence-corrected chi connectivity index (χ1v) is 6.16. The zero-order valence-corrected chi connectivity index (χ0v) is 10.9. The van der Waals surface area contributed by atoms with Crippen molar-refractivity contribution >= 4 is 11.7 Å². The van der Waals surface area contributed by atoms with Crippen molar-refractivity contribution in [2.45, 2.75) is 6.92 Å². The molecule has 1 aromatic heterocycles. The summed E-state index contributed by atoms with van der Waals surface area (Å²) in [5.74, 6) is 1.65. The van der Waals surface area contributed by atoms with E-state index in [1.165, 1.54) is 0 Å². The van der Waals surface area contributed by atoms with Crippen molar-refractivity contribution in [2.75, 3.05) is 44.7 Å². The van der Waals surface area contributed by atoms with Crippen LogP contribution in [0, 0.1) is 6.92 Å². The van der Waals surface area contributed by atoms with Gasteiger partial charge < -0.3 is 15.1 Å². The summed E-state index contributed by atoms with van der Waals surface area (Å²) < 4.78 is 0. The number of hydrogen-bond donors (Lipinski definition) is 1. The first-order chi connectivity index (χ1) is 8.66. The Labute approximate surface area is 107 Å². The van der Waals surface area contributed by atoms with Crippen LogP contribution in [0.4, 0.5) is 5.82 Å². The van der Waals surface area contributed by atoms with Crippen molar-refractivity contribution < 1.29 is 4.79 Å². The molecule has 0 spiro atoms. The van der Waals surface area contributed by atoms with E-state index in [1.54, 1.807) is 6.20 Å². The van der Waals surface area contributed by atoms with E-state index in [0.29, 0.717) is 12.4 Å². The number of carbonyl (C=O) groups is 1. The first kappa shape index (κ1) is 12.8. The quantitative estimate of drug-likeness (QED) is 0.793. The lowest BCUT2D eigenvalue weighted by Crippen LogP contribution is -2.49. The highest BCUT2D eigenvalue weighted by Crippen LogP contribution is 2.07. The molecule has 1 amide bonds. The third-order valence-electron chi connectivity index (χ3n) is 2.99. The monoisotopic (exact) mass is 249 g/mol. The molecule has 1 aliphatic rings. The smallest absolute Gasteiger partial charge is 0.242 e. The predicted octanol–water partition coefficient (Wildman–Crippen LogP) is -0.347. The highest BCUT2D eigenvalue weighted by atomic mass is 16.2. The molecule has 18 heavy (non-hydrogen) atoms. The number of rotatable bonds is 3. The zero-order valence-electron chi connectivity index (χ0n) is 10.9. The Morgan fingerprint density at radius 3 is 2.89 bits per heavy atom. The van der Waals surface area contributed by atoms with Crippen molar-refractivity contribution in [3.8, 4) is 0 Å². The fraction of sp³-hybridized carbons (Fsp3) is 0.583. The molecular weight excluding hydrogens is 230 g/mol. The highest BCUT2D eigenvalue weighted by molar-refractivity contribution is 5.81. The minimum atomic E-state index is 0.148. The average Bonchev–Trinajstić information content (AvgIpc) is 2.39. The van der Waals surface area contributed by atoms with E-state index >= 15 is 0 Å². The fourth-order valence-electron chi connectivity index (χ4n) is 1.95. The van der Waals surface area contributed by atoms with Crippen LogP contribution in [0.5, 0.6) is 0 Å². The molecule has 0 radical (unpaired) electrons. The Kier molecular flexibility index (Phi) is 4.09. The van der Waals surface area contributed by atoms with E-state index in [4.69, 9.17) is 0 Å². The summed E-state index contributed by atoms with van der Waals surface area (Å²) in [5, 5.41) is 3.23. The van der Waals surface area contributed by atoms with E-state index in [1.807, 2.05) is 29.8 Å². The lowest BCUT2D eigenvalue weighted by atomic mass is 10.3. The van der Waals surface area contributed by atoms with Crippen LogP contribution in [0.25, 0.3) is 0 Å². The molecule has 0 saturated carbocycles. The maximum atomic E-state index is 12.1. The van der Waals surface area contributed by atoms with Gasteiger partial charge in [-0.25, -0.2) is 9.97 Å². The largest absolute Gasteiger partial charge is 0.350 e. The molecule has 0 bridgehead atoms. The number of nitrogens with one attached hydrogen (secondary N) is 1. The van der Waals surface area contributed by atoms with Gasteiger partial charge in [-0.15, -0.1) is 0 Å². The van der Waals surface area contributed by atoms with Crippen LogP contribution in [0.1, 0.15) is 5.82 Å². The number of piperazine rings is 1. The van der Waals surface area contributed by atoms with E-state index in [2.05, 4.69) is 15.3 Å². The molecule has 0 atom stereocenters. The van der Waals surface area contributed by atoms with E-state index < -0.39 is 0 Å². The zero-order chi connectivity index (χ0) is 13.0. The molecule has 98 valence electrons. The maximum Gasteiger partial charge on any atom is 0.242 e. The molecular formula is C12H19N5O. The topological polar surface area (TPSA) is 61.4 Å². The molecule has 1 saturated heterocycles. The van der Waals surface area contributed by atoms with Gasteiger partial charge in [-0.1, -0.05) is 0 Å². The van der Waals surface area contributed by atoms with Crippen LogP contribution in [0.15, 0.2) is 12.3 Å².